The molecule has 0 saturated heterocycles. The predicted molar refractivity (Wildman–Crippen MR) is 69.2 cm³/mol. The van der Waals surface area contributed by atoms with Gasteiger partial charge in [-0.2, -0.15) is 0 Å². The molecule has 0 aliphatic heterocycles. The molecule has 18 heavy (non-hydrogen) atoms. The van der Waals surface area contributed by atoms with Gasteiger partial charge in [0.1, 0.15) is 5.69 Å². The number of fused-ring (bicyclic) bond motifs is 1. The fraction of sp³-hybridized carbons (Fsp3) is 0.357. The number of amides is 1. The lowest BCUT2D eigenvalue weighted by Crippen LogP contribution is -2.34. The van der Waals surface area contributed by atoms with E-state index in [1.807, 2.05) is 31.2 Å². The molecule has 1 fully saturated rings. The Morgan fingerprint density at radius 3 is 2.78 bits per heavy atom. The average molecular weight is 241 g/mol. The Balaban J connectivity index is 1.82. The van der Waals surface area contributed by atoms with Crippen LogP contribution in [0.5, 0.6) is 0 Å². The number of hydrogen-bond acceptors (Lipinski definition) is 3. The Bertz CT molecular complexity index is 592. The van der Waals surface area contributed by atoms with Crippen molar-refractivity contribution in [3.05, 3.63) is 36.2 Å². The summed E-state index contributed by atoms with van der Waals surface area (Å²) in [7, 11) is 0. The highest BCUT2D eigenvalue weighted by Crippen LogP contribution is 2.32. The summed E-state index contributed by atoms with van der Waals surface area (Å²) >= 11 is 0. The third kappa shape index (κ3) is 2.18. The summed E-state index contributed by atoms with van der Waals surface area (Å²) in [6, 6.07) is 7.78. The molecule has 4 nitrogen and oxygen atoms in total. The minimum atomic E-state index is -0.132. The summed E-state index contributed by atoms with van der Waals surface area (Å²) in [5.74, 6) is 0.509. The van der Waals surface area contributed by atoms with Crippen LogP contribution in [0.4, 0.5) is 0 Å². The molecule has 1 N–H and O–H groups in total. The van der Waals surface area contributed by atoms with E-state index in [1.54, 1.807) is 0 Å². The minimum Gasteiger partial charge on any atom is -0.348 e. The molecule has 1 saturated carbocycles. The second-order valence-corrected chi connectivity index (χ2v) is 4.84. The quantitative estimate of drug-likeness (QED) is 0.895. The van der Waals surface area contributed by atoms with E-state index in [9.17, 15) is 4.79 Å². The van der Waals surface area contributed by atoms with E-state index in [1.165, 1.54) is 19.0 Å². The van der Waals surface area contributed by atoms with Gasteiger partial charge in [0.05, 0.1) is 17.2 Å². The lowest BCUT2D eigenvalue weighted by molar-refractivity contribution is 0.0931. The Hall–Kier alpha value is -1.97. The van der Waals surface area contributed by atoms with Crippen LogP contribution in [0.3, 0.4) is 0 Å². The van der Waals surface area contributed by atoms with Crippen LogP contribution < -0.4 is 5.32 Å². The fourth-order valence-electron chi connectivity index (χ4n) is 2.06. The molecule has 4 heteroatoms. The highest BCUT2D eigenvalue weighted by Gasteiger charge is 2.29. The molecule has 3 rings (SSSR count). The van der Waals surface area contributed by atoms with Gasteiger partial charge in [0, 0.05) is 6.04 Å². The number of nitrogens with one attached hydrogen (secondary N) is 1. The van der Waals surface area contributed by atoms with E-state index in [2.05, 4.69) is 15.3 Å². The van der Waals surface area contributed by atoms with E-state index in [4.69, 9.17) is 0 Å². The van der Waals surface area contributed by atoms with Crippen LogP contribution in [-0.2, 0) is 0 Å². The maximum atomic E-state index is 12.0. The Morgan fingerprint density at radius 1 is 1.33 bits per heavy atom. The van der Waals surface area contributed by atoms with Crippen LogP contribution in [0.2, 0.25) is 0 Å². The summed E-state index contributed by atoms with van der Waals surface area (Å²) in [6.07, 6.45) is 3.97. The van der Waals surface area contributed by atoms with Gasteiger partial charge in [0.15, 0.2) is 0 Å². The summed E-state index contributed by atoms with van der Waals surface area (Å²) in [5, 5.41) is 2.98. The highest BCUT2D eigenvalue weighted by atomic mass is 16.1. The van der Waals surface area contributed by atoms with Crippen molar-refractivity contribution in [3.63, 3.8) is 0 Å². The molecular weight excluding hydrogens is 226 g/mol. The first kappa shape index (κ1) is 11.1. The lowest BCUT2D eigenvalue weighted by Gasteiger charge is -2.12. The van der Waals surface area contributed by atoms with E-state index < -0.39 is 0 Å². The zero-order chi connectivity index (χ0) is 12.5. The first-order chi connectivity index (χ1) is 8.74. The summed E-state index contributed by atoms with van der Waals surface area (Å²) in [5.41, 5.74) is 1.95. The number of nitrogens with zero attached hydrogens (tertiary/aromatic N) is 2. The number of carbonyl (C=O) groups is 1. The third-order valence-electron chi connectivity index (χ3n) is 3.37. The number of aromatic nitrogens is 2. The number of benzene rings is 1. The molecule has 0 bridgehead atoms. The van der Waals surface area contributed by atoms with Crippen molar-refractivity contribution in [2.75, 3.05) is 0 Å². The van der Waals surface area contributed by atoms with Gasteiger partial charge in [0.25, 0.3) is 5.91 Å². The van der Waals surface area contributed by atoms with Crippen molar-refractivity contribution in [1.29, 1.82) is 0 Å². The van der Waals surface area contributed by atoms with E-state index in [-0.39, 0.29) is 11.9 Å². The molecule has 92 valence electrons. The summed E-state index contributed by atoms with van der Waals surface area (Å²) in [4.78, 5) is 20.6. The van der Waals surface area contributed by atoms with Crippen molar-refractivity contribution in [1.82, 2.24) is 15.3 Å². The maximum Gasteiger partial charge on any atom is 0.271 e. The first-order valence-corrected chi connectivity index (χ1v) is 6.27. The Kier molecular flexibility index (Phi) is 2.70. The molecule has 1 aliphatic rings. The SMILES string of the molecule is CC(NC(=O)c1cnc2ccccc2n1)C1CC1. The average Bonchev–Trinajstić information content (AvgIpc) is 3.22. The molecule has 1 heterocycles. The molecule has 2 aromatic rings. The largest absolute Gasteiger partial charge is 0.348 e. The van der Waals surface area contributed by atoms with Crippen molar-refractivity contribution in [2.45, 2.75) is 25.8 Å². The van der Waals surface area contributed by atoms with Gasteiger partial charge in [-0.25, -0.2) is 4.98 Å². The second kappa shape index (κ2) is 4.37. The molecule has 1 aromatic carbocycles. The maximum absolute atomic E-state index is 12.0. The molecule has 1 aromatic heterocycles. The van der Waals surface area contributed by atoms with Crippen molar-refractivity contribution in [3.8, 4) is 0 Å². The molecule has 0 radical (unpaired) electrons. The van der Waals surface area contributed by atoms with Crippen LogP contribution in [-0.4, -0.2) is 21.9 Å². The second-order valence-electron chi connectivity index (χ2n) is 4.84. The fourth-order valence-corrected chi connectivity index (χ4v) is 2.06. The van der Waals surface area contributed by atoms with Crippen molar-refractivity contribution < 1.29 is 4.79 Å². The number of hydrogen-bond donors (Lipinski definition) is 1. The van der Waals surface area contributed by atoms with Gasteiger partial charge in [-0.3, -0.25) is 9.78 Å². The van der Waals surface area contributed by atoms with Gasteiger partial charge in [-0.1, -0.05) is 12.1 Å². The highest BCUT2D eigenvalue weighted by molar-refractivity contribution is 5.93. The molecule has 0 spiro atoms. The number of rotatable bonds is 3. The summed E-state index contributed by atoms with van der Waals surface area (Å²) in [6.45, 7) is 2.05. The first-order valence-electron chi connectivity index (χ1n) is 6.27. The zero-order valence-corrected chi connectivity index (χ0v) is 10.3. The van der Waals surface area contributed by atoms with Crippen molar-refractivity contribution >= 4 is 16.9 Å². The van der Waals surface area contributed by atoms with Gasteiger partial charge < -0.3 is 5.32 Å². The zero-order valence-electron chi connectivity index (χ0n) is 10.3. The Labute approximate surface area is 105 Å². The van der Waals surface area contributed by atoms with Crippen molar-refractivity contribution in [2.24, 2.45) is 5.92 Å². The third-order valence-corrected chi connectivity index (χ3v) is 3.37. The van der Waals surface area contributed by atoms with E-state index in [0.29, 0.717) is 11.6 Å². The smallest absolute Gasteiger partial charge is 0.271 e. The van der Waals surface area contributed by atoms with Crippen LogP contribution in [0, 0.1) is 5.92 Å². The standard InChI is InChI=1S/C14H15N3O/c1-9(10-6-7-10)16-14(18)13-8-15-11-4-2-3-5-12(11)17-13/h2-5,8-10H,6-7H2,1H3,(H,16,18). The predicted octanol–water partition coefficient (Wildman–Crippen LogP) is 2.16. The van der Waals surface area contributed by atoms with Crippen LogP contribution in [0.1, 0.15) is 30.3 Å². The molecular formula is C14H15N3O. The number of carbonyl (C=O) groups excluding carboxylic acids is 1. The van der Waals surface area contributed by atoms with Crippen LogP contribution in [0.25, 0.3) is 11.0 Å². The Morgan fingerprint density at radius 2 is 2.06 bits per heavy atom. The number of para-hydroxylation sites is 2. The van der Waals surface area contributed by atoms with Gasteiger partial charge in [-0.15, -0.1) is 0 Å². The monoisotopic (exact) mass is 241 g/mol. The van der Waals surface area contributed by atoms with Gasteiger partial charge in [0.2, 0.25) is 0 Å². The normalized spacial score (nSPS) is 16.5. The molecule has 1 unspecified atom stereocenters. The lowest BCUT2D eigenvalue weighted by atomic mass is 10.2. The molecule has 1 atom stereocenters. The van der Waals surface area contributed by atoms with Crippen LogP contribution in [0.15, 0.2) is 30.5 Å². The van der Waals surface area contributed by atoms with Crippen LogP contribution >= 0.6 is 0 Å². The minimum absolute atomic E-state index is 0.132. The molecule has 1 amide bonds. The topological polar surface area (TPSA) is 54.9 Å². The molecule has 1 aliphatic carbocycles. The summed E-state index contributed by atoms with van der Waals surface area (Å²) < 4.78 is 0. The van der Waals surface area contributed by atoms with E-state index >= 15 is 0 Å². The van der Waals surface area contributed by atoms with Gasteiger partial charge in [-0.05, 0) is 37.8 Å². The van der Waals surface area contributed by atoms with E-state index in [0.717, 1.165) is 11.0 Å². The van der Waals surface area contributed by atoms with Gasteiger partial charge >= 0.3 is 0 Å².